The van der Waals surface area contributed by atoms with Gasteiger partial charge >= 0.3 is 0 Å². The summed E-state index contributed by atoms with van der Waals surface area (Å²) in [5.74, 6) is -0.0427. The van der Waals surface area contributed by atoms with Crippen LogP contribution in [0.2, 0.25) is 0 Å². The molecule has 4 nitrogen and oxygen atoms in total. The first-order valence-corrected chi connectivity index (χ1v) is 5.61. The Morgan fingerprint density at radius 1 is 1.38 bits per heavy atom. The summed E-state index contributed by atoms with van der Waals surface area (Å²) in [7, 11) is 1.77. The molecule has 2 aromatic rings. The van der Waals surface area contributed by atoms with Gasteiger partial charge in [-0.2, -0.15) is 0 Å². The van der Waals surface area contributed by atoms with E-state index in [1.165, 1.54) is 6.20 Å². The minimum absolute atomic E-state index is 0.0427. The maximum absolute atomic E-state index is 11.9. The summed E-state index contributed by atoms with van der Waals surface area (Å²) in [4.78, 5) is 14.1. The van der Waals surface area contributed by atoms with Crippen LogP contribution < -0.4 is 0 Å². The van der Waals surface area contributed by atoms with E-state index in [0.29, 0.717) is 11.4 Å². The molecule has 0 aliphatic heterocycles. The van der Waals surface area contributed by atoms with E-state index in [-0.39, 0.29) is 5.91 Å². The van der Waals surface area contributed by atoms with Crippen molar-refractivity contribution in [2.45, 2.75) is 6.54 Å². The molecule has 0 radical (unpaired) electrons. The van der Waals surface area contributed by atoms with Crippen molar-refractivity contribution in [1.82, 2.24) is 14.5 Å². The van der Waals surface area contributed by atoms with E-state index < -0.39 is 0 Å². The van der Waals surface area contributed by atoms with Crippen molar-refractivity contribution in [1.29, 1.82) is 0 Å². The number of nitrogens with zero attached hydrogens (tertiary/aromatic N) is 3. The molecule has 0 bridgehead atoms. The molecule has 1 heterocycles. The predicted octanol–water partition coefficient (Wildman–Crippen LogP) is 1.81. The maximum Gasteiger partial charge on any atom is 0.267 e. The first-order valence-electron chi connectivity index (χ1n) is 4.84. The quantitative estimate of drug-likeness (QED) is 0.812. The van der Waals surface area contributed by atoms with Crippen LogP contribution in [0.1, 0.15) is 15.2 Å². The highest BCUT2D eigenvalue weighted by atomic mass is 32.1. The number of carbonyl (C=O) groups excluding carboxylic acids is 1. The third kappa shape index (κ3) is 2.43. The molecule has 0 aliphatic rings. The average Bonchev–Trinajstić information content (AvgIpc) is 2.83. The van der Waals surface area contributed by atoms with E-state index in [4.69, 9.17) is 0 Å². The van der Waals surface area contributed by atoms with E-state index in [1.54, 1.807) is 11.9 Å². The fourth-order valence-electron chi connectivity index (χ4n) is 1.38. The Morgan fingerprint density at radius 3 is 2.75 bits per heavy atom. The van der Waals surface area contributed by atoms with Crippen LogP contribution in [0.5, 0.6) is 0 Å². The minimum Gasteiger partial charge on any atom is -0.337 e. The van der Waals surface area contributed by atoms with Gasteiger partial charge < -0.3 is 4.90 Å². The lowest BCUT2D eigenvalue weighted by molar-refractivity contribution is 0.0789. The largest absolute Gasteiger partial charge is 0.337 e. The third-order valence-electron chi connectivity index (χ3n) is 2.18. The van der Waals surface area contributed by atoms with E-state index in [0.717, 1.165) is 17.1 Å². The Morgan fingerprint density at radius 2 is 2.12 bits per heavy atom. The van der Waals surface area contributed by atoms with Gasteiger partial charge in [-0.3, -0.25) is 4.79 Å². The van der Waals surface area contributed by atoms with Gasteiger partial charge in [0.25, 0.3) is 5.91 Å². The van der Waals surface area contributed by atoms with Crippen molar-refractivity contribution in [3.8, 4) is 0 Å². The highest BCUT2D eigenvalue weighted by Gasteiger charge is 2.13. The molecule has 0 saturated heterocycles. The van der Waals surface area contributed by atoms with Gasteiger partial charge in [0.15, 0.2) is 0 Å². The molecular weight excluding hydrogens is 222 g/mol. The molecule has 0 saturated carbocycles. The van der Waals surface area contributed by atoms with Crippen molar-refractivity contribution < 1.29 is 4.79 Å². The van der Waals surface area contributed by atoms with E-state index in [9.17, 15) is 4.79 Å². The molecular formula is C11H11N3OS. The van der Waals surface area contributed by atoms with Gasteiger partial charge in [0.05, 0.1) is 6.20 Å². The van der Waals surface area contributed by atoms with Crippen LogP contribution in [0.25, 0.3) is 0 Å². The van der Waals surface area contributed by atoms with Gasteiger partial charge in [-0.25, -0.2) is 0 Å². The molecule has 0 spiro atoms. The number of carbonyl (C=O) groups is 1. The lowest BCUT2D eigenvalue weighted by Gasteiger charge is -2.15. The molecule has 0 unspecified atom stereocenters. The molecule has 1 aromatic carbocycles. The van der Waals surface area contributed by atoms with Gasteiger partial charge in [-0.15, -0.1) is 5.10 Å². The normalized spacial score (nSPS) is 10.1. The Bertz CT molecular complexity index is 455. The van der Waals surface area contributed by atoms with Crippen molar-refractivity contribution >= 4 is 17.4 Å². The second-order valence-electron chi connectivity index (χ2n) is 3.43. The predicted molar refractivity (Wildman–Crippen MR) is 62.1 cm³/mol. The zero-order valence-electron chi connectivity index (χ0n) is 8.83. The Balaban J connectivity index is 2.04. The zero-order valence-corrected chi connectivity index (χ0v) is 9.65. The number of benzene rings is 1. The van der Waals surface area contributed by atoms with Crippen molar-refractivity contribution in [3.63, 3.8) is 0 Å². The summed E-state index contributed by atoms with van der Waals surface area (Å²) in [5.41, 5.74) is 1.11. The van der Waals surface area contributed by atoms with E-state index in [1.807, 2.05) is 30.3 Å². The molecule has 16 heavy (non-hydrogen) atoms. The van der Waals surface area contributed by atoms with Crippen LogP contribution in [0.4, 0.5) is 0 Å². The SMILES string of the molecule is CN(Cc1ccccc1)C(=O)c1cnns1. The highest BCUT2D eigenvalue weighted by molar-refractivity contribution is 7.07. The van der Waals surface area contributed by atoms with E-state index >= 15 is 0 Å². The van der Waals surface area contributed by atoms with Crippen LogP contribution in [-0.2, 0) is 6.54 Å². The van der Waals surface area contributed by atoms with Gasteiger partial charge in [0, 0.05) is 13.6 Å². The van der Waals surface area contributed by atoms with Crippen LogP contribution in [0, 0.1) is 0 Å². The van der Waals surface area contributed by atoms with Gasteiger partial charge in [-0.05, 0) is 17.1 Å². The second-order valence-corrected chi connectivity index (χ2v) is 4.21. The van der Waals surface area contributed by atoms with Crippen LogP contribution >= 0.6 is 11.5 Å². The average molecular weight is 233 g/mol. The Hall–Kier alpha value is -1.75. The monoisotopic (exact) mass is 233 g/mol. The van der Waals surface area contributed by atoms with Crippen molar-refractivity contribution in [3.05, 3.63) is 47.0 Å². The smallest absolute Gasteiger partial charge is 0.267 e. The molecule has 2 rings (SSSR count). The molecule has 1 amide bonds. The summed E-state index contributed by atoms with van der Waals surface area (Å²) < 4.78 is 3.68. The fraction of sp³-hybridized carbons (Fsp3) is 0.182. The lowest BCUT2D eigenvalue weighted by atomic mass is 10.2. The zero-order chi connectivity index (χ0) is 11.4. The number of rotatable bonds is 3. The van der Waals surface area contributed by atoms with Gasteiger partial charge in [-0.1, -0.05) is 34.8 Å². The maximum atomic E-state index is 11.9. The molecule has 0 atom stereocenters. The summed E-state index contributed by atoms with van der Waals surface area (Å²) >= 11 is 1.12. The van der Waals surface area contributed by atoms with Crippen LogP contribution in [-0.4, -0.2) is 27.4 Å². The first kappa shape index (κ1) is 10.8. The standard InChI is InChI=1S/C11H11N3OS/c1-14(8-9-5-3-2-4-6-9)11(15)10-7-12-13-16-10/h2-7H,8H2,1H3. The molecule has 1 aromatic heterocycles. The number of hydrogen-bond donors (Lipinski definition) is 0. The van der Waals surface area contributed by atoms with Crippen LogP contribution in [0.15, 0.2) is 36.5 Å². The topological polar surface area (TPSA) is 46.1 Å². The lowest BCUT2D eigenvalue weighted by Crippen LogP contribution is -2.25. The molecule has 82 valence electrons. The minimum atomic E-state index is -0.0427. The van der Waals surface area contributed by atoms with Gasteiger partial charge in [0.2, 0.25) is 0 Å². The molecule has 0 aliphatic carbocycles. The first-order chi connectivity index (χ1) is 7.77. The molecule has 0 N–H and O–H groups in total. The Labute approximate surface area is 97.7 Å². The third-order valence-corrected chi connectivity index (χ3v) is 2.83. The number of aromatic nitrogens is 2. The summed E-state index contributed by atoms with van der Waals surface area (Å²) in [6.45, 7) is 0.595. The molecule has 0 fully saturated rings. The second kappa shape index (κ2) is 4.85. The summed E-state index contributed by atoms with van der Waals surface area (Å²) in [6, 6.07) is 9.87. The molecule has 5 heteroatoms. The summed E-state index contributed by atoms with van der Waals surface area (Å²) in [6.07, 6.45) is 1.49. The number of amides is 1. The van der Waals surface area contributed by atoms with Crippen LogP contribution in [0.3, 0.4) is 0 Å². The van der Waals surface area contributed by atoms with E-state index in [2.05, 4.69) is 9.59 Å². The van der Waals surface area contributed by atoms with Crippen molar-refractivity contribution in [2.24, 2.45) is 0 Å². The summed E-state index contributed by atoms with van der Waals surface area (Å²) in [5, 5.41) is 3.65. The fourth-order valence-corrected chi connectivity index (χ4v) is 1.89. The van der Waals surface area contributed by atoms with Crippen molar-refractivity contribution in [2.75, 3.05) is 7.05 Å². The Kier molecular flexibility index (Phi) is 3.26. The highest BCUT2D eigenvalue weighted by Crippen LogP contribution is 2.09. The number of hydrogen-bond acceptors (Lipinski definition) is 4. The van der Waals surface area contributed by atoms with Gasteiger partial charge in [0.1, 0.15) is 4.88 Å².